The van der Waals surface area contributed by atoms with Crippen LogP contribution >= 0.6 is 0 Å². The first kappa shape index (κ1) is 12.6. The molecule has 0 spiro atoms. The lowest BCUT2D eigenvalue weighted by Gasteiger charge is -2.35. The molecule has 0 unspecified atom stereocenters. The van der Waals surface area contributed by atoms with Crippen LogP contribution in [-0.4, -0.2) is 20.7 Å². The van der Waals surface area contributed by atoms with Crippen molar-refractivity contribution in [3.63, 3.8) is 0 Å². The van der Waals surface area contributed by atoms with Crippen molar-refractivity contribution in [2.45, 2.75) is 38.9 Å². The molecule has 3 heteroatoms. The summed E-state index contributed by atoms with van der Waals surface area (Å²) in [5, 5.41) is 0.161. The normalized spacial score (nSPS) is 12.7. The number of carbonyl (C=O) groups is 1. The molecule has 0 saturated heterocycles. The van der Waals surface area contributed by atoms with E-state index in [0.29, 0.717) is 0 Å². The van der Waals surface area contributed by atoms with Crippen molar-refractivity contribution in [1.82, 2.24) is 0 Å². The van der Waals surface area contributed by atoms with Gasteiger partial charge >= 0.3 is 0 Å². The van der Waals surface area contributed by atoms with Gasteiger partial charge in [0.1, 0.15) is 0 Å². The van der Waals surface area contributed by atoms with E-state index < -0.39 is 8.32 Å². The molecule has 0 radical (unpaired) electrons. The Kier molecular flexibility index (Phi) is 4.07. The summed E-state index contributed by atoms with van der Waals surface area (Å²) in [5.41, 5.74) is 0. The average molecular weight is 200 g/mol. The van der Waals surface area contributed by atoms with Gasteiger partial charge in [0.15, 0.2) is 14.1 Å². The number of ketones is 1. The second-order valence-electron chi connectivity index (χ2n) is 4.72. The zero-order chi connectivity index (χ0) is 10.7. The maximum Gasteiger partial charge on any atom is 0.192 e. The fourth-order valence-corrected chi connectivity index (χ4v) is 1.46. The summed E-state index contributed by atoms with van der Waals surface area (Å²) in [6.07, 6.45) is 1.31. The lowest BCUT2D eigenvalue weighted by atomic mass is 10.2. The summed E-state index contributed by atoms with van der Waals surface area (Å²) < 4.78 is 5.66. The molecule has 0 amide bonds. The Balaban J connectivity index is 4.19. The summed E-state index contributed by atoms with van der Waals surface area (Å²) in [6.45, 7) is 14.3. The van der Waals surface area contributed by atoms with Crippen LogP contribution in [0.2, 0.25) is 18.1 Å². The van der Waals surface area contributed by atoms with Gasteiger partial charge in [0.05, 0.1) is 6.61 Å². The first-order valence-electron chi connectivity index (χ1n) is 4.50. The smallest absolute Gasteiger partial charge is 0.192 e. The minimum absolute atomic E-state index is 0.0372. The number of hydrogen-bond donors (Lipinski definition) is 0. The van der Waals surface area contributed by atoms with E-state index in [-0.39, 0.29) is 17.4 Å². The maximum atomic E-state index is 11.0. The fourth-order valence-electron chi connectivity index (χ4n) is 0.527. The summed E-state index contributed by atoms with van der Waals surface area (Å²) in [6, 6.07) is 0. The quantitative estimate of drug-likeness (QED) is 0.515. The summed E-state index contributed by atoms with van der Waals surface area (Å²) >= 11 is 0. The SMILES string of the molecule is C=CC(=O)CO[Si](C)(C)C(C)(C)C. The Hall–Kier alpha value is -0.413. The molecule has 0 aromatic rings. The lowest BCUT2D eigenvalue weighted by Crippen LogP contribution is -2.41. The van der Waals surface area contributed by atoms with E-state index in [1.54, 1.807) is 0 Å². The lowest BCUT2D eigenvalue weighted by molar-refractivity contribution is -0.116. The molecule has 0 heterocycles. The molecule has 0 rings (SSSR count). The highest BCUT2D eigenvalue weighted by atomic mass is 28.4. The van der Waals surface area contributed by atoms with Crippen molar-refractivity contribution >= 4 is 14.1 Å². The Morgan fingerprint density at radius 2 is 1.92 bits per heavy atom. The topological polar surface area (TPSA) is 26.3 Å². The predicted octanol–water partition coefficient (Wildman–Crippen LogP) is 2.76. The highest BCUT2D eigenvalue weighted by Crippen LogP contribution is 2.36. The number of rotatable bonds is 4. The zero-order valence-corrected chi connectivity index (χ0v) is 10.3. The van der Waals surface area contributed by atoms with Gasteiger partial charge in [-0.25, -0.2) is 0 Å². The predicted molar refractivity (Wildman–Crippen MR) is 58.4 cm³/mol. The van der Waals surface area contributed by atoms with Crippen molar-refractivity contribution in [3.8, 4) is 0 Å². The molecule has 0 bridgehead atoms. The minimum atomic E-state index is -1.75. The molecule has 13 heavy (non-hydrogen) atoms. The molecule has 2 nitrogen and oxygen atoms in total. The summed E-state index contributed by atoms with van der Waals surface area (Å²) in [5.74, 6) is -0.0372. The molecule has 0 aliphatic carbocycles. The first-order chi connectivity index (χ1) is 5.70. The summed E-state index contributed by atoms with van der Waals surface area (Å²) in [7, 11) is -1.75. The highest BCUT2D eigenvalue weighted by molar-refractivity contribution is 6.74. The van der Waals surface area contributed by atoms with Crippen LogP contribution in [0.4, 0.5) is 0 Å². The number of hydrogen-bond acceptors (Lipinski definition) is 2. The van der Waals surface area contributed by atoms with E-state index in [0.717, 1.165) is 0 Å². The molecule has 0 aromatic heterocycles. The largest absolute Gasteiger partial charge is 0.409 e. The van der Waals surface area contributed by atoms with Gasteiger partial charge in [-0.15, -0.1) is 0 Å². The van der Waals surface area contributed by atoms with Crippen LogP contribution in [0.25, 0.3) is 0 Å². The van der Waals surface area contributed by atoms with Crippen LogP contribution in [0.1, 0.15) is 20.8 Å². The molecular formula is C10H20O2Si. The van der Waals surface area contributed by atoms with E-state index in [2.05, 4.69) is 40.4 Å². The standard InChI is InChI=1S/C10H20O2Si/c1-7-9(11)8-12-13(5,6)10(2,3)4/h7H,1,8H2,2-6H3. The molecule has 0 atom stereocenters. The second kappa shape index (κ2) is 4.20. The zero-order valence-electron chi connectivity index (χ0n) is 9.31. The Morgan fingerprint density at radius 3 is 2.23 bits per heavy atom. The fraction of sp³-hybridized carbons (Fsp3) is 0.700. The molecule has 0 aromatic carbocycles. The van der Waals surface area contributed by atoms with Crippen molar-refractivity contribution in [3.05, 3.63) is 12.7 Å². The van der Waals surface area contributed by atoms with Crippen molar-refractivity contribution in [2.75, 3.05) is 6.61 Å². The van der Waals surface area contributed by atoms with Gasteiger partial charge < -0.3 is 4.43 Å². The summed E-state index contributed by atoms with van der Waals surface area (Å²) in [4.78, 5) is 11.0. The monoisotopic (exact) mass is 200 g/mol. The van der Waals surface area contributed by atoms with Gasteiger partial charge in [-0.3, -0.25) is 4.79 Å². The third kappa shape index (κ3) is 3.87. The van der Waals surface area contributed by atoms with Crippen LogP contribution in [0.15, 0.2) is 12.7 Å². The molecule has 0 saturated carbocycles. The Bertz CT molecular complexity index is 201. The van der Waals surface area contributed by atoms with Crippen molar-refractivity contribution in [2.24, 2.45) is 0 Å². The highest BCUT2D eigenvalue weighted by Gasteiger charge is 2.37. The van der Waals surface area contributed by atoms with Crippen LogP contribution in [-0.2, 0) is 9.22 Å². The van der Waals surface area contributed by atoms with Crippen LogP contribution in [0.5, 0.6) is 0 Å². The van der Waals surface area contributed by atoms with Gasteiger partial charge in [0.25, 0.3) is 0 Å². The molecule has 0 aliphatic heterocycles. The van der Waals surface area contributed by atoms with Gasteiger partial charge in [-0.2, -0.15) is 0 Å². The van der Waals surface area contributed by atoms with E-state index in [1.807, 2.05) is 0 Å². The second-order valence-corrected chi connectivity index (χ2v) is 9.53. The Morgan fingerprint density at radius 1 is 1.46 bits per heavy atom. The average Bonchev–Trinajstić information content (AvgIpc) is 1.98. The Labute approximate surface area is 82.1 Å². The van der Waals surface area contributed by atoms with Crippen LogP contribution in [0, 0.1) is 0 Å². The van der Waals surface area contributed by atoms with Crippen LogP contribution < -0.4 is 0 Å². The molecule has 76 valence electrons. The van der Waals surface area contributed by atoms with Crippen molar-refractivity contribution < 1.29 is 9.22 Å². The minimum Gasteiger partial charge on any atom is -0.409 e. The number of carbonyl (C=O) groups excluding carboxylic acids is 1. The molecule has 0 fully saturated rings. The molecule has 0 aliphatic rings. The van der Waals surface area contributed by atoms with E-state index in [4.69, 9.17) is 4.43 Å². The first-order valence-corrected chi connectivity index (χ1v) is 7.41. The van der Waals surface area contributed by atoms with Gasteiger partial charge in [0.2, 0.25) is 0 Å². The third-order valence-corrected chi connectivity index (χ3v) is 7.09. The van der Waals surface area contributed by atoms with Gasteiger partial charge in [-0.05, 0) is 24.2 Å². The van der Waals surface area contributed by atoms with Gasteiger partial charge in [-0.1, -0.05) is 27.4 Å². The van der Waals surface area contributed by atoms with Crippen LogP contribution in [0.3, 0.4) is 0 Å². The molecule has 0 N–H and O–H groups in total. The van der Waals surface area contributed by atoms with E-state index in [9.17, 15) is 4.79 Å². The van der Waals surface area contributed by atoms with E-state index in [1.165, 1.54) is 6.08 Å². The maximum absolute atomic E-state index is 11.0. The van der Waals surface area contributed by atoms with Gasteiger partial charge in [0, 0.05) is 0 Å². The van der Waals surface area contributed by atoms with Crippen molar-refractivity contribution in [1.29, 1.82) is 0 Å². The third-order valence-electron chi connectivity index (χ3n) is 2.61. The van der Waals surface area contributed by atoms with E-state index >= 15 is 0 Å². The molecular weight excluding hydrogens is 180 g/mol.